The van der Waals surface area contributed by atoms with Crippen molar-refractivity contribution in [3.05, 3.63) is 73.4 Å². The van der Waals surface area contributed by atoms with E-state index in [1.54, 1.807) is 0 Å². The Morgan fingerprint density at radius 3 is 1.49 bits per heavy atom. The Bertz CT molecular complexity index is 1710. The summed E-state index contributed by atoms with van der Waals surface area (Å²) in [6, 6.07) is 11.9. The van der Waals surface area contributed by atoms with Crippen molar-refractivity contribution in [2.75, 3.05) is 13.2 Å². The highest BCUT2D eigenvalue weighted by Gasteiger charge is 2.39. The summed E-state index contributed by atoms with van der Waals surface area (Å²) in [5.41, 5.74) is 9.79. The first-order chi connectivity index (χ1) is 25.9. The van der Waals surface area contributed by atoms with Crippen LogP contribution in [0.1, 0.15) is 180 Å². The Kier molecular flexibility index (Phi) is 20.1. The van der Waals surface area contributed by atoms with Crippen LogP contribution in [0, 0.1) is 21.4 Å². The first kappa shape index (κ1) is 43.5. The zero-order chi connectivity index (χ0) is 38.3. The van der Waals surface area contributed by atoms with Crippen molar-refractivity contribution in [1.29, 1.82) is 10.9 Å². The highest BCUT2D eigenvalue weighted by molar-refractivity contribution is 6.12. The largest absolute Gasteiger partial charge is 0.475 e. The van der Waals surface area contributed by atoms with Gasteiger partial charge in [0.2, 0.25) is 5.39 Å². The minimum atomic E-state index is -0.622. The van der Waals surface area contributed by atoms with Crippen LogP contribution in [0.2, 0.25) is 0 Å². The van der Waals surface area contributed by atoms with Gasteiger partial charge in [0.15, 0.2) is 10.7 Å². The second-order valence-electron chi connectivity index (χ2n) is 14.9. The zero-order valence-corrected chi connectivity index (χ0v) is 33.4. The van der Waals surface area contributed by atoms with Crippen molar-refractivity contribution in [2.24, 2.45) is 5.11 Å². The third-order valence-corrected chi connectivity index (χ3v) is 10.9. The van der Waals surface area contributed by atoms with Gasteiger partial charge < -0.3 is 9.47 Å². The predicted molar refractivity (Wildman–Crippen MR) is 214 cm³/mol. The lowest BCUT2D eigenvalue weighted by Crippen LogP contribution is -2.29. The summed E-state index contributed by atoms with van der Waals surface area (Å²) in [7, 11) is 0. The Morgan fingerprint density at radius 2 is 1.02 bits per heavy atom. The molecule has 0 atom stereocenters. The molecular weight excluding hydrogens is 661 g/mol. The van der Waals surface area contributed by atoms with Gasteiger partial charge in [-0.15, -0.1) is 0 Å². The monoisotopic (exact) mass is 728 g/mol. The Hall–Kier alpha value is -3.86. The van der Waals surface area contributed by atoms with E-state index in [1.807, 2.05) is 24.3 Å². The first-order valence-corrected chi connectivity index (χ1v) is 21.0. The van der Waals surface area contributed by atoms with Crippen LogP contribution in [0.4, 0.5) is 0 Å². The van der Waals surface area contributed by atoms with E-state index in [-0.39, 0.29) is 18.0 Å². The van der Waals surface area contributed by atoms with Crippen molar-refractivity contribution < 1.29 is 19.1 Å². The molecule has 1 N–H and O–H groups in total. The van der Waals surface area contributed by atoms with Gasteiger partial charge in [0.05, 0.1) is 18.4 Å². The molecule has 0 fully saturated rings. The molecule has 0 spiro atoms. The van der Waals surface area contributed by atoms with Gasteiger partial charge in [0, 0.05) is 10.6 Å². The smallest absolute Gasteiger partial charge is 0.461 e. The van der Waals surface area contributed by atoms with Gasteiger partial charge in [-0.25, -0.2) is 15.1 Å². The van der Waals surface area contributed by atoms with Crippen molar-refractivity contribution >= 4 is 23.3 Å². The molecule has 0 aromatic heterocycles. The van der Waals surface area contributed by atoms with Crippen LogP contribution in [0.25, 0.3) is 16.4 Å². The molecule has 0 amide bonds. The Morgan fingerprint density at radius 1 is 0.604 bits per heavy atom. The van der Waals surface area contributed by atoms with Crippen LogP contribution in [-0.2, 0) is 24.5 Å². The van der Waals surface area contributed by atoms with E-state index in [0.717, 1.165) is 111 Å². The minimum absolute atomic E-state index is 0.0179. The summed E-state index contributed by atoms with van der Waals surface area (Å²) in [5.74, 6) is -1.19. The lowest BCUT2D eigenvalue weighted by atomic mass is 9.69. The zero-order valence-electron chi connectivity index (χ0n) is 33.4. The number of unbranched alkanes of at least 4 members (excludes halogenated alkanes) is 16. The van der Waals surface area contributed by atoms with Gasteiger partial charge in [-0.2, -0.15) is 5.11 Å². The van der Waals surface area contributed by atoms with Crippen molar-refractivity contribution in [1.82, 2.24) is 0 Å². The number of nitrogens with zero attached hydrogens (tertiary/aromatic N) is 3. The van der Waals surface area contributed by atoms with Gasteiger partial charge in [-0.05, 0) is 65.4 Å². The quantitative estimate of drug-likeness (QED) is 0.0425. The number of benzene rings is 2. The maximum absolute atomic E-state index is 13.3. The van der Waals surface area contributed by atoms with Crippen molar-refractivity contribution in [3.63, 3.8) is 0 Å². The fraction of sp³-hybridized carbons (Fsp3) is 0.644. The number of hydrogen-bond donors (Lipinski definition) is 1. The molecule has 1 aliphatic carbocycles. The number of diazo groups is 1. The lowest BCUT2D eigenvalue weighted by Gasteiger charge is -2.33. The molecule has 0 radical (unpaired) electrons. The van der Waals surface area contributed by atoms with Crippen LogP contribution in [-0.4, -0.2) is 25.2 Å². The highest BCUT2D eigenvalue weighted by atomic mass is 16.5. The molecule has 0 aliphatic heterocycles. The molecule has 8 nitrogen and oxygen atoms in total. The van der Waals surface area contributed by atoms with E-state index >= 15 is 0 Å². The molecular formula is C45H67N4O4+. The molecule has 0 saturated heterocycles. The fourth-order valence-electron chi connectivity index (χ4n) is 7.84. The van der Waals surface area contributed by atoms with Crippen LogP contribution in [0.3, 0.4) is 0 Å². The Balaban J connectivity index is 2.18. The Labute approximate surface area is 318 Å². The minimum Gasteiger partial charge on any atom is -0.461 e. The number of rotatable bonds is 27. The van der Waals surface area contributed by atoms with Gasteiger partial charge in [0.1, 0.15) is 0 Å². The lowest BCUT2D eigenvalue weighted by molar-refractivity contribution is -0.137. The molecule has 2 aromatic carbocycles. The van der Waals surface area contributed by atoms with Crippen molar-refractivity contribution in [3.8, 4) is 0 Å². The molecule has 0 saturated carbocycles. The van der Waals surface area contributed by atoms with E-state index in [2.05, 4.69) is 49.9 Å². The average Bonchev–Trinajstić information content (AvgIpc) is 3.43. The standard InChI is InChI=1S/C45H67N4O4/c1-5-9-13-17-19-21-29-45(30-22-20-18-14-10-6-2)39-33-35(41(48-46)43(50)52-31-23-15-11-7-3)25-27-37(39)38-28-26-36(34-40(38)45)42(49-47)44(51)53-32-24-16-12-8-4/h25-28,33-34,46H,5-24,29-32H2,1-4H3/q+1. The number of hydrogen-bond acceptors (Lipinski definition) is 7. The normalized spacial score (nSPS) is 13.8. The molecule has 53 heavy (non-hydrogen) atoms. The second kappa shape index (κ2) is 24.5. The third-order valence-electron chi connectivity index (χ3n) is 10.9. The van der Waals surface area contributed by atoms with Crippen LogP contribution >= 0.6 is 0 Å². The molecule has 8 heteroatoms. The van der Waals surface area contributed by atoms with E-state index in [1.165, 1.54) is 51.4 Å². The molecule has 3 rings (SSSR count). The summed E-state index contributed by atoms with van der Waals surface area (Å²) >= 11 is 0. The fourth-order valence-corrected chi connectivity index (χ4v) is 7.84. The first-order valence-electron chi connectivity index (χ1n) is 21.0. The van der Waals surface area contributed by atoms with E-state index in [0.29, 0.717) is 17.0 Å². The van der Waals surface area contributed by atoms with Gasteiger partial charge in [-0.3, -0.25) is 0 Å². The maximum atomic E-state index is 13.3. The van der Waals surface area contributed by atoms with E-state index in [9.17, 15) is 15.0 Å². The number of ether oxygens (including phenoxy) is 2. The van der Waals surface area contributed by atoms with Gasteiger partial charge in [0.25, 0.3) is 0 Å². The third kappa shape index (κ3) is 12.6. The topological polar surface area (TPSA) is 117 Å². The number of fused-ring (bicyclic) bond motifs is 2. The summed E-state index contributed by atoms with van der Waals surface area (Å²) < 4.78 is 11.2. The van der Waals surface area contributed by atoms with E-state index in [4.69, 9.17) is 15.0 Å². The molecule has 2 aromatic rings. The summed E-state index contributed by atoms with van der Waals surface area (Å²) in [6.45, 7) is 9.36. The molecule has 0 heterocycles. The number of carbonyl (C=O) groups is 2. The van der Waals surface area contributed by atoms with Crippen LogP contribution in [0.5, 0.6) is 0 Å². The second-order valence-corrected chi connectivity index (χ2v) is 14.9. The average molecular weight is 728 g/mol. The summed E-state index contributed by atoms with van der Waals surface area (Å²) in [6.07, 6.45) is 23.7. The van der Waals surface area contributed by atoms with E-state index < -0.39 is 17.4 Å². The molecule has 0 unspecified atom stereocenters. The van der Waals surface area contributed by atoms with Crippen molar-refractivity contribution in [2.45, 2.75) is 174 Å². The number of carbonyl (C=O) groups excluding carboxylic acids is 2. The number of nitrogens with one attached hydrogen (secondary N) is 1. The highest BCUT2D eigenvalue weighted by Crippen LogP contribution is 2.46. The molecule has 290 valence electrons. The summed E-state index contributed by atoms with van der Waals surface area (Å²) in [5, 5.41) is 17.1. The molecule has 0 bridgehead atoms. The SMILES string of the molecule is CCCCCCCCC1(CCCCCCCC)c2cc(=C(N=N)C(=O)OCCCCCC)ccc2=c2ccc(=C([N+]#N)C(=O)OCCCCCC)cc21. The van der Waals surface area contributed by atoms with Gasteiger partial charge in [-0.1, -0.05) is 161 Å². The van der Waals surface area contributed by atoms with Gasteiger partial charge >= 0.3 is 17.6 Å². The molecule has 1 aliphatic rings. The number of esters is 2. The van der Waals surface area contributed by atoms with Crippen LogP contribution in [0.15, 0.2) is 41.5 Å². The van der Waals surface area contributed by atoms with Crippen LogP contribution < -0.4 is 10.4 Å². The maximum Gasteiger partial charge on any atom is 0.475 e. The summed E-state index contributed by atoms with van der Waals surface area (Å²) in [4.78, 5) is 30.0. The predicted octanol–water partition coefficient (Wildman–Crippen LogP) is 11.4.